The van der Waals surface area contributed by atoms with Gasteiger partial charge < -0.3 is 10.2 Å². The highest BCUT2D eigenvalue weighted by Gasteiger charge is 2.39. The van der Waals surface area contributed by atoms with Crippen LogP contribution in [0.15, 0.2) is 24.3 Å². The fraction of sp³-hybridized carbons (Fsp3) is 0.611. The van der Waals surface area contributed by atoms with Crippen molar-refractivity contribution in [3.8, 4) is 0 Å². The van der Waals surface area contributed by atoms with Gasteiger partial charge in [-0.05, 0) is 42.2 Å². The van der Waals surface area contributed by atoms with Crippen LogP contribution >= 0.6 is 0 Å². The molecular weight excluding hydrogens is 260 g/mol. The number of fused-ring (bicyclic) bond motifs is 1. The Bertz CT molecular complexity index is 522. The first-order valence-electron chi connectivity index (χ1n) is 8.26. The van der Waals surface area contributed by atoms with Gasteiger partial charge in [-0.3, -0.25) is 4.79 Å². The number of amides is 1. The molecule has 0 aliphatic carbocycles. The molecule has 2 heterocycles. The number of nitrogens with one attached hydrogen (secondary N) is 1. The summed E-state index contributed by atoms with van der Waals surface area (Å²) in [5.74, 6) is 0.299. The van der Waals surface area contributed by atoms with E-state index in [1.165, 1.54) is 24.0 Å². The lowest BCUT2D eigenvalue weighted by Crippen LogP contribution is -2.49. The lowest BCUT2D eigenvalue weighted by atomic mass is 9.82. The predicted molar refractivity (Wildman–Crippen MR) is 85.0 cm³/mol. The van der Waals surface area contributed by atoms with E-state index in [0.717, 1.165) is 32.5 Å². The molecule has 1 aromatic rings. The van der Waals surface area contributed by atoms with E-state index in [0.29, 0.717) is 11.3 Å². The lowest BCUT2D eigenvalue weighted by Gasteiger charge is -2.31. The summed E-state index contributed by atoms with van der Waals surface area (Å²) in [6.07, 6.45) is 4.34. The van der Waals surface area contributed by atoms with Crippen molar-refractivity contribution in [2.75, 3.05) is 13.1 Å². The molecule has 1 fully saturated rings. The highest BCUT2D eigenvalue weighted by Crippen LogP contribution is 2.37. The summed E-state index contributed by atoms with van der Waals surface area (Å²) in [7, 11) is 0. The summed E-state index contributed by atoms with van der Waals surface area (Å²) in [5.41, 5.74) is 3.02. The Balaban J connectivity index is 1.68. The van der Waals surface area contributed by atoms with Crippen LogP contribution in [0.4, 0.5) is 0 Å². The fourth-order valence-electron chi connectivity index (χ4n) is 3.80. The van der Waals surface area contributed by atoms with Gasteiger partial charge in [-0.1, -0.05) is 38.1 Å². The second kappa shape index (κ2) is 5.80. The van der Waals surface area contributed by atoms with Gasteiger partial charge in [0.1, 0.15) is 0 Å². The summed E-state index contributed by atoms with van der Waals surface area (Å²) < 4.78 is 0. The van der Waals surface area contributed by atoms with E-state index in [4.69, 9.17) is 0 Å². The first-order chi connectivity index (χ1) is 10.2. The first kappa shape index (κ1) is 14.6. The van der Waals surface area contributed by atoms with Crippen LogP contribution in [0, 0.1) is 5.41 Å². The normalized spacial score (nSPS) is 23.9. The van der Waals surface area contributed by atoms with Crippen molar-refractivity contribution in [3.05, 3.63) is 35.4 Å². The topological polar surface area (TPSA) is 32.3 Å². The Morgan fingerprint density at radius 3 is 2.67 bits per heavy atom. The van der Waals surface area contributed by atoms with Crippen LogP contribution in [-0.2, 0) is 17.8 Å². The molecule has 1 atom stereocenters. The molecule has 0 bridgehead atoms. The monoisotopic (exact) mass is 286 g/mol. The first-order valence-corrected chi connectivity index (χ1v) is 8.26. The van der Waals surface area contributed by atoms with Crippen molar-refractivity contribution < 1.29 is 4.79 Å². The summed E-state index contributed by atoms with van der Waals surface area (Å²) in [4.78, 5) is 14.9. The van der Waals surface area contributed by atoms with Gasteiger partial charge in [-0.2, -0.15) is 0 Å². The number of benzene rings is 1. The number of rotatable bonds is 3. The third-order valence-electron chi connectivity index (χ3n) is 5.63. The molecule has 0 saturated carbocycles. The Labute approximate surface area is 127 Å². The Kier molecular flexibility index (Phi) is 4.03. The van der Waals surface area contributed by atoms with E-state index >= 15 is 0 Å². The molecule has 3 rings (SSSR count). The third kappa shape index (κ3) is 2.71. The van der Waals surface area contributed by atoms with E-state index in [2.05, 4.69) is 48.3 Å². The molecule has 0 aromatic heterocycles. The van der Waals surface area contributed by atoms with Crippen LogP contribution in [0.3, 0.4) is 0 Å². The number of likely N-dealkylation sites (tertiary alicyclic amines) is 1. The molecule has 0 unspecified atom stereocenters. The maximum atomic E-state index is 12.8. The molecule has 1 amide bonds. The minimum atomic E-state index is -0.0376. The second-order valence-electron chi connectivity index (χ2n) is 6.62. The van der Waals surface area contributed by atoms with E-state index in [1.54, 1.807) is 0 Å². The van der Waals surface area contributed by atoms with Crippen LogP contribution in [-0.4, -0.2) is 29.9 Å². The molecule has 3 nitrogen and oxygen atoms in total. The van der Waals surface area contributed by atoms with Gasteiger partial charge >= 0.3 is 0 Å². The van der Waals surface area contributed by atoms with Crippen molar-refractivity contribution in [2.45, 2.75) is 52.1 Å². The minimum absolute atomic E-state index is 0.0376. The van der Waals surface area contributed by atoms with Crippen LogP contribution in [0.25, 0.3) is 0 Å². The van der Waals surface area contributed by atoms with Crippen LogP contribution < -0.4 is 5.32 Å². The van der Waals surface area contributed by atoms with Gasteiger partial charge in [0.2, 0.25) is 5.91 Å². The summed E-state index contributed by atoms with van der Waals surface area (Å²) >= 11 is 0. The van der Waals surface area contributed by atoms with E-state index in [-0.39, 0.29) is 6.04 Å². The number of hydrogen-bond acceptors (Lipinski definition) is 2. The number of hydrogen-bond donors (Lipinski definition) is 1. The van der Waals surface area contributed by atoms with Gasteiger partial charge in [0.15, 0.2) is 0 Å². The third-order valence-corrected chi connectivity index (χ3v) is 5.63. The molecule has 1 N–H and O–H groups in total. The van der Waals surface area contributed by atoms with Crippen molar-refractivity contribution >= 4 is 5.91 Å². The Morgan fingerprint density at radius 1 is 1.29 bits per heavy atom. The van der Waals surface area contributed by atoms with E-state index in [1.807, 2.05) is 0 Å². The van der Waals surface area contributed by atoms with Gasteiger partial charge in [0.25, 0.3) is 0 Å². The molecule has 1 aromatic carbocycles. The van der Waals surface area contributed by atoms with Crippen LogP contribution in [0.5, 0.6) is 0 Å². The van der Waals surface area contributed by atoms with Crippen LogP contribution in [0.1, 0.15) is 44.2 Å². The zero-order valence-electron chi connectivity index (χ0n) is 13.2. The fourth-order valence-corrected chi connectivity index (χ4v) is 3.80. The van der Waals surface area contributed by atoms with Gasteiger partial charge in [0, 0.05) is 19.6 Å². The molecule has 2 aliphatic rings. The SMILES string of the molecule is CCC1(CC)CCN(C(=O)[C@H]2Cc3ccccc3CN2)C1. The molecule has 1 saturated heterocycles. The smallest absolute Gasteiger partial charge is 0.240 e. The number of nitrogens with zero attached hydrogens (tertiary/aromatic N) is 1. The summed E-state index contributed by atoms with van der Waals surface area (Å²) in [6.45, 7) is 7.20. The van der Waals surface area contributed by atoms with Gasteiger partial charge in [-0.15, -0.1) is 0 Å². The molecule has 21 heavy (non-hydrogen) atoms. The maximum absolute atomic E-state index is 12.8. The zero-order chi connectivity index (χ0) is 14.9. The lowest BCUT2D eigenvalue weighted by molar-refractivity contribution is -0.133. The highest BCUT2D eigenvalue weighted by molar-refractivity contribution is 5.83. The van der Waals surface area contributed by atoms with Crippen molar-refractivity contribution in [3.63, 3.8) is 0 Å². The standard InChI is InChI=1S/C18H26N2O/c1-3-18(4-2)9-10-20(13-18)17(21)16-11-14-7-5-6-8-15(14)12-19-16/h5-8,16,19H,3-4,9-13H2,1-2H3/t16-/m1/s1. The van der Waals surface area contributed by atoms with Gasteiger partial charge in [-0.25, -0.2) is 0 Å². The minimum Gasteiger partial charge on any atom is -0.341 e. The van der Waals surface area contributed by atoms with Crippen LogP contribution in [0.2, 0.25) is 0 Å². The summed E-state index contributed by atoms with van der Waals surface area (Å²) in [5, 5.41) is 3.42. The molecule has 0 spiro atoms. The average molecular weight is 286 g/mol. The Morgan fingerprint density at radius 2 is 2.00 bits per heavy atom. The van der Waals surface area contributed by atoms with E-state index in [9.17, 15) is 4.79 Å². The molecule has 3 heteroatoms. The molecule has 114 valence electrons. The second-order valence-corrected chi connectivity index (χ2v) is 6.62. The highest BCUT2D eigenvalue weighted by atomic mass is 16.2. The summed E-state index contributed by atoms with van der Waals surface area (Å²) in [6, 6.07) is 8.41. The van der Waals surface area contributed by atoms with E-state index < -0.39 is 0 Å². The molecular formula is C18H26N2O. The van der Waals surface area contributed by atoms with Gasteiger partial charge in [0.05, 0.1) is 6.04 Å². The average Bonchev–Trinajstić information content (AvgIpc) is 2.99. The number of carbonyl (C=O) groups is 1. The van der Waals surface area contributed by atoms with Crippen molar-refractivity contribution in [2.24, 2.45) is 5.41 Å². The number of carbonyl (C=O) groups excluding carboxylic acids is 1. The quantitative estimate of drug-likeness (QED) is 0.926. The Hall–Kier alpha value is -1.35. The zero-order valence-corrected chi connectivity index (χ0v) is 13.2. The largest absolute Gasteiger partial charge is 0.341 e. The van der Waals surface area contributed by atoms with Crippen molar-refractivity contribution in [1.29, 1.82) is 0 Å². The maximum Gasteiger partial charge on any atom is 0.240 e. The molecule has 2 aliphatic heterocycles. The predicted octanol–water partition coefficient (Wildman–Crippen LogP) is 2.74. The van der Waals surface area contributed by atoms with Crippen molar-refractivity contribution in [1.82, 2.24) is 10.2 Å². The molecule has 0 radical (unpaired) electrons.